The lowest BCUT2D eigenvalue weighted by Gasteiger charge is -2.33. The highest BCUT2D eigenvalue weighted by Gasteiger charge is 2.36. The zero-order valence-corrected chi connectivity index (χ0v) is 18.3. The molecule has 2 atom stereocenters. The van der Waals surface area contributed by atoms with Gasteiger partial charge in [0, 0.05) is 23.0 Å². The van der Waals surface area contributed by atoms with Crippen molar-refractivity contribution in [2.75, 3.05) is 11.9 Å². The third kappa shape index (κ3) is 3.87. The average molecular weight is 418 g/mol. The average Bonchev–Trinajstić information content (AvgIpc) is 3.39. The van der Waals surface area contributed by atoms with Gasteiger partial charge in [-0.15, -0.1) is 22.7 Å². The fraction of sp³-hybridized carbons (Fsp3) is 0.571. The fourth-order valence-corrected chi connectivity index (χ4v) is 5.96. The molecule has 0 radical (unpaired) electrons. The van der Waals surface area contributed by atoms with Gasteiger partial charge in [0.2, 0.25) is 5.91 Å². The van der Waals surface area contributed by atoms with Crippen LogP contribution in [-0.2, 0) is 17.6 Å². The molecule has 1 saturated heterocycles. The van der Waals surface area contributed by atoms with E-state index in [1.165, 1.54) is 28.2 Å². The molecule has 0 aromatic carbocycles. The summed E-state index contributed by atoms with van der Waals surface area (Å²) in [5.41, 5.74) is 1.63. The van der Waals surface area contributed by atoms with Crippen molar-refractivity contribution in [1.82, 2.24) is 9.88 Å². The number of amides is 2. The minimum absolute atomic E-state index is 0.00324. The van der Waals surface area contributed by atoms with Gasteiger partial charge in [-0.3, -0.25) is 9.59 Å². The van der Waals surface area contributed by atoms with Crippen LogP contribution in [0, 0.1) is 11.3 Å². The van der Waals surface area contributed by atoms with E-state index in [4.69, 9.17) is 0 Å². The number of fused-ring (bicyclic) bond motifs is 1. The number of thiophene rings is 1. The SMILES string of the molecule is CC(C)(C)[C@@H]1CCc2sc(C(=O)N3CCC[C@H]3C(=O)Nc3nccs3)cc2C1. The van der Waals surface area contributed by atoms with Crippen LogP contribution in [0.3, 0.4) is 0 Å². The predicted octanol–water partition coefficient (Wildman–Crippen LogP) is 4.60. The second-order valence-corrected chi connectivity index (χ2v) is 10.9. The quantitative estimate of drug-likeness (QED) is 0.794. The molecule has 0 bridgehead atoms. The number of aromatic nitrogens is 1. The maximum Gasteiger partial charge on any atom is 0.264 e. The first kappa shape index (κ1) is 19.6. The van der Waals surface area contributed by atoms with Crippen LogP contribution in [0.5, 0.6) is 0 Å². The molecule has 2 aliphatic rings. The van der Waals surface area contributed by atoms with E-state index in [2.05, 4.69) is 37.1 Å². The molecule has 7 heteroatoms. The summed E-state index contributed by atoms with van der Waals surface area (Å²) in [4.78, 5) is 33.9. The first-order valence-electron chi connectivity index (χ1n) is 9.96. The number of hydrogen-bond acceptors (Lipinski definition) is 5. The van der Waals surface area contributed by atoms with E-state index in [0.29, 0.717) is 24.0 Å². The normalized spacial score (nSPS) is 22.2. The molecule has 1 fully saturated rings. The topological polar surface area (TPSA) is 62.3 Å². The third-order valence-corrected chi connectivity index (χ3v) is 7.91. The lowest BCUT2D eigenvalue weighted by Crippen LogP contribution is -2.42. The minimum atomic E-state index is -0.405. The summed E-state index contributed by atoms with van der Waals surface area (Å²) in [6.07, 6.45) is 6.53. The second-order valence-electron chi connectivity index (χ2n) is 8.85. The molecule has 2 amide bonds. The molecular formula is C21H27N3O2S2. The van der Waals surface area contributed by atoms with Gasteiger partial charge in [0.1, 0.15) is 6.04 Å². The van der Waals surface area contributed by atoms with E-state index in [0.717, 1.165) is 24.1 Å². The molecule has 5 nitrogen and oxygen atoms in total. The van der Waals surface area contributed by atoms with Crippen LogP contribution in [0.15, 0.2) is 17.6 Å². The number of carbonyl (C=O) groups excluding carboxylic acids is 2. The van der Waals surface area contributed by atoms with E-state index in [9.17, 15) is 9.59 Å². The number of carbonyl (C=O) groups is 2. The van der Waals surface area contributed by atoms with Crippen LogP contribution in [-0.4, -0.2) is 34.3 Å². The molecule has 0 spiro atoms. The molecule has 4 rings (SSSR count). The minimum Gasteiger partial charge on any atom is -0.326 e. The van der Waals surface area contributed by atoms with Crippen molar-refractivity contribution in [3.8, 4) is 0 Å². The summed E-state index contributed by atoms with van der Waals surface area (Å²) < 4.78 is 0. The molecule has 2 aromatic heterocycles. The van der Waals surface area contributed by atoms with Gasteiger partial charge in [-0.25, -0.2) is 4.98 Å². The Hall–Kier alpha value is -1.73. The van der Waals surface area contributed by atoms with Crippen molar-refractivity contribution >= 4 is 39.6 Å². The smallest absolute Gasteiger partial charge is 0.264 e. The van der Waals surface area contributed by atoms with Gasteiger partial charge in [0.15, 0.2) is 5.13 Å². The number of likely N-dealkylation sites (tertiary alicyclic amines) is 1. The second kappa shape index (κ2) is 7.59. The standard InChI is InChI=1S/C21H27N3O2S2/c1-21(2,3)14-6-7-16-13(11-14)12-17(28-16)19(26)24-9-4-5-15(24)18(25)23-20-22-8-10-27-20/h8,10,12,14-15H,4-7,9,11H2,1-3H3,(H,22,23,25)/t14-,15+/m1/s1. The summed E-state index contributed by atoms with van der Waals surface area (Å²) in [6, 6.07) is 1.69. The van der Waals surface area contributed by atoms with Crippen LogP contribution < -0.4 is 5.32 Å². The van der Waals surface area contributed by atoms with Gasteiger partial charge in [0.25, 0.3) is 5.91 Å². The lowest BCUT2D eigenvalue weighted by molar-refractivity contribution is -0.119. The first-order valence-corrected chi connectivity index (χ1v) is 11.7. The maximum absolute atomic E-state index is 13.2. The molecule has 1 aliphatic heterocycles. The molecule has 2 aromatic rings. The van der Waals surface area contributed by atoms with Gasteiger partial charge in [-0.2, -0.15) is 0 Å². The predicted molar refractivity (Wildman–Crippen MR) is 114 cm³/mol. The highest BCUT2D eigenvalue weighted by atomic mass is 32.1. The van der Waals surface area contributed by atoms with Crippen molar-refractivity contribution in [3.05, 3.63) is 33.0 Å². The number of rotatable bonds is 3. The monoisotopic (exact) mass is 417 g/mol. The zero-order valence-electron chi connectivity index (χ0n) is 16.7. The summed E-state index contributed by atoms with van der Waals surface area (Å²) in [6.45, 7) is 7.55. The van der Waals surface area contributed by atoms with Crippen LogP contribution in [0.1, 0.15) is 60.1 Å². The number of nitrogens with one attached hydrogen (secondary N) is 1. The first-order chi connectivity index (χ1) is 13.3. The summed E-state index contributed by atoms with van der Waals surface area (Å²) >= 11 is 3.02. The van der Waals surface area contributed by atoms with Crippen LogP contribution in [0.25, 0.3) is 0 Å². The lowest BCUT2D eigenvalue weighted by atomic mass is 9.72. The Balaban J connectivity index is 1.48. The highest BCUT2D eigenvalue weighted by molar-refractivity contribution is 7.14. The number of aryl methyl sites for hydroxylation is 1. The number of nitrogens with zero attached hydrogens (tertiary/aromatic N) is 2. The van der Waals surface area contributed by atoms with E-state index < -0.39 is 6.04 Å². The molecule has 28 heavy (non-hydrogen) atoms. The van der Waals surface area contributed by atoms with Crippen LogP contribution >= 0.6 is 22.7 Å². The number of hydrogen-bond donors (Lipinski definition) is 1. The molecule has 0 unspecified atom stereocenters. The Labute approximate surface area is 174 Å². The summed E-state index contributed by atoms with van der Waals surface area (Å²) in [5.74, 6) is 0.527. The fourth-order valence-electron chi connectivity index (χ4n) is 4.27. The van der Waals surface area contributed by atoms with Gasteiger partial charge in [0.05, 0.1) is 4.88 Å². The Bertz CT molecular complexity index is 867. The maximum atomic E-state index is 13.2. The zero-order chi connectivity index (χ0) is 19.9. The van der Waals surface area contributed by atoms with Crippen molar-refractivity contribution < 1.29 is 9.59 Å². The molecule has 1 aliphatic carbocycles. The van der Waals surface area contributed by atoms with Crippen LogP contribution in [0.2, 0.25) is 0 Å². The highest BCUT2D eigenvalue weighted by Crippen LogP contribution is 2.40. The van der Waals surface area contributed by atoms with E-state index in [-0.39, 0.29) is 17.2 Å². The summed E-state index contributed by atoms with van der Waals surface area (Å²) in [7, 11) is 0. The Morgan fingerprint density at radius 2 is 2.11 bits per heavy atom. The number of anilines is 1. The molecule has 150 valence electrons. The Morgan fingerprint density at radius 3 is 2.82 bits per heavy atom. The molecule has 3 heterocycles. The van der Waals surface area contributed by atoms with Crippen LogP contribution in [0.4, 0.5) is 5.13 Å². The Morgan fingerprint density at radius 1 is 1.29 bits per heavy atom. The number of thiazole rings is 1. The van der Waals surface area contributed by atoms with Crippen molar-refractivity contribution in [1.29, 1.82) is 0 Å². The van der Waals surface area contributed by atoms with Gasteiger partial charge >= 0.3 is 0 Å². The van der Waals surface area contributed by atoms with Crippen molar-refractivity contribution in [2.24, 2.45) is 11.3 Å². The van der Waals surface area contributed by atoms with Gasteiger partial charge < -0.3 is 10.2 Å². The summed E-state index contributed by atoms with van der Waals surface area (Å²) in [5, 5.41) is 5.26. The molecule has 0 saturated carbocycles. The Kier molecular flexibility index (Phi) is 5.31. The largest absolute Gasteiger partial charge is 0.326 e. The molecular weight excluding hydrogens is 390 g/mol. The van der Waals surface area contributed by atoms with Gasteiger partial charge in [-0.05, 0) is 55.1 Å². The van der Waals surface area contributed by atoms with E-state index in [1.807, 2.05) is 5.38 Å². The van der Waals surface area contributed by atoms with Gasteiger partial charge in [-0.1, -0.05) is 20.8 Å². The van der Waals surface area contributed by atoms with E-state index in [1.54, 1.807) is 22.4 Å². The third-order valence-electron chi connectivity index (χ3n) is 6.00. The van der Waals surface area contributed by atoms with Crippen molar-refractivity contribution in [3.63, 3.8) is 0 Å². The molecule has 1 N–H and O–H groups in total. The van der Waals surface area contributed by atoms with Crippen molar-refractivity contribution in [2.45, 2.75) is 58.9 Å². The van der Waals surface area contributed by atoms with E-state index >= 15 is 0 Å².